The quantitative estimate of drug-likeness (QED) is 0.774. The van der Waals surface area contributed by atoms with Gasteiger partial charge in [0.2, 0.25) is 0 Å². The van der Waals surface area contributed by atoms with Crippen molar-refractivity contribution in [2.24, 2.45) is 11.8 Å². The molecule has 1 rings (SSSR count). The molecule has 1 aromatic carbocycles. The highest BCUT2D eigenvalue weighted by Gasteiger charge is 2.46. The highest BCUT2D eigenvalue weighted by Crippen LogP contribution is 2.31. The maximum absolute atomic E-state index is 12.5. The Labute approximate surface area is 144 Å². The lowest BCUT2D eigenvalue weighted by molar-refractivity contribution is -0.152. The lowest BCUT2D eigenvalue weighted by Crippen LogP contribution is -2.56. The van der Waals surface area contributed by atoms with Gasteiger partial charge in [0.25, 0.3) is 0 Å². The van der Waals surface area contributed by atoms with Gasteiger partial charge in [-0.15, -0.1) is 0 Å². The van der Waals surface area contributed by atoms with E-state index in [9.17, 15) is 14.7 Å². The van der Waals surface area contributed by atoms with E-state index in [1.165, 1.54) is 11.9 Å². The number of aliphatic carboxylic acids is 1. The molecule has 24 heavy (non-hydrogen) atoms. The molecule has 0 saturated heterocycles. The van der Waals surface area contributed by atoms with Crippen molar-refractivity contribution in [1.29, 1.82) is 0 Å². The van der Waals surface area contributed by atoms with Crippen LogP contribution >= 0.6 is 0 Å². The fraction of sp³-hybridized carbons (Fsp3) is 0.579. The van der Waals surface area contributed by atoms with Crippen LogP contribution in [0.3, 0.4) is 0 Å². The molecule has 0 saturated carbocycles. The number of amides is 1. The van der Waals surface area contributed by atoms with E-state index in [4.69, 9.17) is 4.74 Å². The minimum atomic E-state index is -1.25. The first-order chi connectivity index (χ1) is 11.2. The van der Waals surface area contributed by atoms with Gasteiger partial charge in [0.15, 0.2) is 0 Å². The number of rotatable bonds is 8. The Hall–Kier alpha value is -2.04. The van der Waals surface area contributed by atoms with Crippen molar-refractivity contribution >= 4 is 12.1 Å². The summed E-state index contributed by atoms with van der Waals surface area (Å²) in [5.41, 5.74) is -0.385. The van der Waals surface area contributed by atoms with Crippen molar-refractivity contribution in [2.45, 2.75) is 52.7 Å². The maximum Gasteiger partial charge on any atom is 0.410 e. The van der Waals surface area contributed by atoms with E-state index >= 15 is 0 Å². The number of nitrogens with zero attached hydrogens (tertiary/aromatic N) is 1. The molecule has 0 aliphatic carbocycles. The molecule has 134 valence electrons. The average molecular weight is 335 g/mol. The number of hydrogen-bond acceptors (Lipinski definition) is 3. The van der Waals surface area contributed by atoms with Crippen LogP contribution in [0.5, 0.6) is 0 Å². The van der Waals surface area contributed by atoms with E-state index in [0.717, 1.165) is 5.56 Å². The van der Waals surface area contributed by atoms with Crippen molar-refractivity contribution in [1.82, 2.24) is 4.90 Å². The summed E-state index contributed by atoms with van der Waals surface area (Å²) < 4.78 is 5.33. The molecule has 0 aromatic heterocycles. The summed E-state index contributed by atoms with van der Waals surface area (Å²) in [4.78, 5) is 25.8. The molecule has 1 amide bonds. The molecule has 0 spiro atoms. The molecule has 0 atom stereocenters. The lowest BCUT2D eigenvalue weighted by Gasteiger charge is -2.40. The molecule has 0 aliphatic rings. The Morgan fingerprint density at radius 3 is 2.00 bits per heavy atom. The van der Waals surface area contributed by atoms with E-state index in [-0.39, 0.29) is 18.4 Å². The van der Waals surface area contributed by atoms with Crippen LogP contribution in [0.1, 0.15) is 46.1 Å². The molecular weight excluding hydrogens is 306 g/mol. The predicted octanol–water partition coefficient (Wildman–Crippen LogP) is 4.17. The molecule has 0 aliphatic heterocycles. The number of carboxylic acid groups (broad SMARTS) is 1. The summed E-state index contributed by atoms with van der Waals surface area (Å²) in [6.45, 7) is 7.97. The number of likely N-dealkylation sites (N-methyl/N-ethyl adjacent to an activating group) is 1. The normalized spacial score (nSPS) is 11.6. The Kier molecular flexibility index (Phi) is 7.26. The summed E-state index contributed by atoms with van der Waals surface area (Å²) in [7, 11) is 1.52. The largest absolute Gasteiger partial charge is 0.479 e. The van der Waals surface area contributed by atoms with Gasteiger partial charge in [-0.2, -0.15) is 0 Å². The second-order valence-corrected chi connectivity index (χ2v) is 7.13. The smallest absolute Gasteiger partial charge is 0.410 e. The summed E-state index contributed by atoms with van der Waals surface area (Å²) in [5, 5.41) is 9.88. The van der Waals surface area contributed by atoms with Gasteiger partial charge in [0.05, 0.1) is 0 Å². The second-order valence-electron chi connectivity index (χ2n) is 7.13. The lowest BCUT2D eigenvalue weighted by atomic mass is 9.80. The monoisotopic (exact) mass is 335 g/mol. The minimum absolute atomic E-state index is 0.128. The highest BCUT2D eigenvalue weighted by atomic mass is 16.6. The third-order valence-electron chi connectivity index (χ3n) is 4.01. The highest BCUT2D eigenvalue weighted by molar-refractivity contribution is 5.84. The Morgan fingerprint density at radius 1 is 1.08 bits per heavy atom. The number of carbonyl (C=O) groups excluding carboxylic acids is 1. The van der Waals surface area contributed by atoms with Crippen LogP contribution in [0.25, 0.3) is 0 Å². The van der Waals surface area contributed by atoms with Gasteiger partial charge >= 0.3 is 12.1 Å². The molecule has 0 heterocycles. The van der Waals surface area contributed by atoms with E-state index in [1.807, 2.05) is 58.0 Å². The van der Waals surface area contributed by atoms with E-state index in [0.29, 0.717) is 12.8 Å². The molecule has 1 aromatic rings. The number of ether oxygens (including phenoxy) is 1. The predicted molar refractivity (Wildman–Crippen MR) is 93.7 cm³/mol. The molecule has 5 nitrogen and oxygen atoms in total. The van der Waals surface area contributed by atoms with Crippen LogP contribution in [0.4, 0.5) is 4.79 Å². The van der Waals surface area contributed by atoms with Crippen LogP contribution in [0, 0.1) is 11.8 Å². The fourth-order valence-electron chi connectivity index (χ4n) is 3.02. The summed E-state index contributed by atoms with van der Waals surface area (Å²) >= 11 is 0. The third-order valence-corrected chi connectivity index (χ3v) is 4.01. The third kappa shape index (κ3) is 5.25. The first kappa shape index (κ1) is 20.0. The number of carbonyl (C=O) groups is 2. The number of benzene rings is 1. The van der Waals surface area contributed by atoms with Gasteiger partial charge in [-0.1, -0.05) is 58.0 Å². The van der Waals surface area contributed by atoms with Crippen LogP contribution in [-0.4, -0.2) is 34.7 Å². The zero-order valence-corrected chi connectivity index (χ0v) is 15.3. The van der Waals surface area contributed by atoms with Crippen molar-refractivity contribution in [2.75, 3.05) is 7.05 Å². The Bertz CT molecular complexity index is 530. The zero-order valence-electron chi connectivity index (χ0n) is 15.3. The molecule has 1 N–H and O–H groups in total. The van der Waals surface area contributed by atoms with Crippen molar-refractivity contribution in [3.63, 3.8) is 0 Å². The van der Waals surface area contributed by atoms with Gasteiger partial charge in [0.1, 0.15) is 12.1 Å². The first-order valence-electron chi connectivity index (χ1n) is 8.37. The van der Waals surface area contributed by atoms with Crippen LogP contribution in [0.2, 0.25) is 0 Å². The Morgan fingerprint density at radius 2 is 1.58 bits per heavy atom. The molecule has 0 unspecified atom stereocenters. The first-order valence-corrected chi connectivity index (χ1v) is 8.37. The van der Waals surface area contributed by atoms with Gasteiger partial charge in [-0.25, -0.2) is 9.59 Å². The fourth-order valence-corrected chi connectivity index (χ4v) is 3.02. The summed E-state index contributed by atoms with van der Waals surface area (Å²) in [5.74, 6) is -0.697. The van der Waals surface area contributed by atoms with E-state index in [1.54, 1.807) is 0 Å². The van der Waals surface area contributed by atoms with E-state index < -0.39 is 17.6 Å². The zero-order chi connectivity index (χ0) is 18.3. The Balaban J connectivity index is 2.94. The minimum Gasteiger partial charge on any atom is -0.479 e. The molecule has 5 heteroatoms. The second kappa shape index (κ2) is 8.71. The van der Waals surface area contributed by atoms with Gasteiger partial charge in [-0.3, -0.25) is 4.90 Å². The SMILES string of the molecule is CC(C)CC(CC(C)C)(C(=O)O)N(C)C(=O)OCc1ccccc1. The van der Waals surface area contributed by atoms with Gasteiger partial charge in [0, 0.05) is 7.05 Å². The average Bonchev–Trinajstić information content (AvgIpc) is 2.51. The molecule has 0 radical (unpaired) electrons. The summed E-state index contributed by atoms with van der Waals surface area (Å²) in [6.07, 6.45) is 0.164. The van der Waals surface area contributed by atoms with Crippen LogP contribution in [-0.2, 0) is 16.1 Å². The molecule has 0 fully saturated rings. The molecular formula is C19H29NO4. The van der Waals surface area contributed by atoms with Crippen LogP contribution in [0.15, 0.2) is 30.3 Å². The standard InChI is InChI=1S/C19H29NO4/c1-14(2)11-19(17(21)22,12-15(3)4)20(5)18(23)24-13-16-9-7-6-8-10-16/h6-10,14-15H,11-13H2,1-5H3,(H,21,22). The van der Waals surface area contributed by atoms with Crippen LogP contribution < -0.4 is 0 Å². The topological polar surface area (TPSA) is 66.8 Å². The van der Waals surface area contributed by atoms with Gasteiger partial charge in [-0.05, 0) is 30.2 Å². The van der Waals surface area contributed by atoms with Crippen molar-refractivity contribution in [3.05, 3.63) is 35.9 Å². The van der Waals surface area contributed by atoms with Crippen molar-refractivity contribution in [3.8, 4) is 0 Å². The molecule has 0 bridgehead atoms. The van der Waals surface area contributed by atoms with E-state index in [2.05, 4.69) is 0 Å². The number of hydrogen-bond donors (Lipinski definition) is 1. The van der Waals surface area contributed by atoms with Crippen molar-refractivity contribution < 1.29 is 19.4 Å². The van der Waals surface area contributed by atoms with Gasteiger partial charge < -0.3 is 9.84 Å². The maximum atomic E-state index is 12.5. The summed E-state index contributed by atoms with van der Waals surface area (Å²) in [6, 6.07) is 9.34. The number of carboxylic acids is 1.